The summed E-state index contributed by atoms with van der Waals surface area (Å²) in [6.45, 7) is 6.32. The molecule has 0 aliphatic carbocycles. The number of nitrogens with zero attached hydrogens (tertiary/aromatic N) is 3. The largest absolute Gasteiger partial charge is 0.394 e. The number of aromatic nitrogens is 3. The van der Waals surface area contributed by atoms with E-state index in [0.29, 0.717) is 5.69 Å². The van der Waals surface area contributed by atoms with Gasteiger partial charge >= 0.3 is 6.03 Å². The van der Waals surface area contributed by atoms with Crippen LogP contribution in [-0.4, -0.2) is 38.6 Å². The number of pyridine rings is 1. The third kappa shape index (κ3) is 5.86. The Labute approximate surface area is 148 Å². The third-order valence-corrected chi connectivity index (χ3v) is 3.88. The van der Waals surface area contributed by atoms with Gasteiger partial charge in [0.15, 0.2) is 0 Å². The molecule has 0 radical (unpaired) electrons. The zero-order valence-corrected chi connectivity index (χ0v) is 15.3. The molecule has 3 N–H and O–H groups in total. The molecule has 0 spiro atoms. The Kier molecular flexibility index (Phi) is 6.14. The van der Waals surface area contributed by atoms with Crippen molar-refractivity contribution in [1.82, 2.24) is 20.1 Å². The number of rotatable bonds is 6. The number of aliphatic hydroxyl groups excluding tert-OH is 1. The number of amides is 2. The minimum atomic E-state index is -0.355. The van der Waals surface area contributed by atoms with Gasteiger partial charge in [-0.3, -0.25) is 9.67 Å². The van der Waals surface area contributed by atoms with Gasteiger partial charge in [-0.15, -0.1) is 0 Å². The van der Waals surface area contributed by atoms with E-state index in [1.807, 2.05) is 19.3 Å². The molecule has 0 aromatic carbocycles. The normalized spacial score (nSPS) is 12.7. The van der Waals surface area contributed by atoms with Crippen LogP contribution in [-0.2, 0) is 7.05 Å². The van der Waals surface area contributed by atoms with Crippen molar-refractivity contribution in [2.75, 3.05) is 11.9 Å². The van der Waals surface area contributed by atoms with Gasteiger partial charge in [-0.25, -0.2) is 4.79 Å². The van der Waals surface area contributed by atoms with Gasteiger partial charge in [-0.2, -0.15) is 5.10 Å². The van der Waals surface area contributed by atoms with Crippen molar-refractivity contribution in [2.45, 2.75) is 39.7 Å². The van der Waals surface area contributed by atoms with Crippen molar-refractivity contribution in [3.63, 3.8) is 0 Å². The maximum absolute atomic E-state index is 12.3. The first-order valence-corrected chi connectivity index (χ1v) is 8.40. The summed E-state index contributed by atoms with van der Waals surface area (Å²) in [5.41, 5.74) is 2.49. The molecule has 2 amide bonds. The summed E-state index contributed by atoms with van der Waals surface area (Å²) in [4.78, 5) is 16.4. The van der Waals surface area contributed by atoms with Crippen molar-refractivity contribution in [1.29, 1.82) is 0 Å². The molecule has 136 valence electrons. The van der Waals surface area contributed by atoms with E-state index in [-0.39, 0.29) is 24.1 Å². The first kappa shape index (κ1) is 18.9. The zero-order valence-electron chi connectivity index (χ0n) is 15.3. The predicted octanol–water partition coefficient (Wildman–Crippen LogP) is 2.79. The van der Waals surface area contributed by atoms with E-state index >= 15 is 0 Å². The van der Waals surface area contributed by atoms with Gasteiger partial charge in [0, 0.05) is 30.6 Å². The molecule has 0 fully saturated rings. The van der Waals surface area contributed by atoms with E-state index < -0.39 is 0 Å². The fourth-order valence-electron chi connectivity index (χ4n) is 2.47. The number of carbonyl (C=O) groups is 1. The van der Waals surface area contributed by atoms with Gasteiger partial charge in [-0.1, -0.05) is 20.8 Å². The summed E-state index contributed by atoms with van der Waals surface area (Å²) in [6, 6.07) is 1.19. The molecular weight excluding hydrogens is 318 g/mol. The summed E-state index contributed by atoms with van der Waals surface area (Å²) in [5, 5.41) is 19.3. The maximum Gasteiger partial charge on any atom is 0.319 e. The van der Waals surface area contributed by atoms with E-state index in [1.54, 1.807) is 23.3 Å². The first-order valence-electron chi connectivity index (χ1n) is 8.40. The van der Waals surface area contributed by atoms with Crippen LogP contribution in [0.1, 0.15) is 33.6 Å². The maximum atomic E-state index is 12.3. The van der Waals surface area contributed by atoms with Gasteiger partial charge in [0.05, 0.1) is 30.7 Å². The second-order valence-electron chi connectivity index (χ2n) is 7.40. The molecular formula is C18H27N5O2. The van der Waals surface area contributed by atoms with Gasteiger partial charge < -0.3 is 15.7 Å². The Morgan fingerprint density at radius 3 is 2.72 bits per heavy atom. The number of urea groups is 1. The molecule has 0 bridgehead atoms. The zero-order chi connectivity index (χ0) is 18.4. The monoisotopic (exact) mass is 345 g/mol. The number of aryl methyl sites for hydroxylation is 1. The van der Waals surface area contributed by atoms with Crippen molar-refractivity contribution >= 4 is 11.7 Å². The van der Waals surface area contributed by atoms with E-state index in [9.17, 15) is 9.90 Å². The second-order valence-corrected chi connectivity index (χ2v) is 7.40. The number of hydrogen-bond donors (Lipinski definition) is 3. The van der Waals surface area contributed by atoms with Crippen molar-refractivity contribution in [3.8, 4) is 11.1 Å². The van der Waals surface area contributed by atoms with Gasteiger partial charge in [0.1, 0.15) is 0 Å². The number of aliphatic hydroxyl groups is 1. The van der Waals surface area contributed by atoms with Gasteiger partial charge in [0.2, 0.25) is 0 Å². The minimum absolute atomic E-state index is 0.0913. The van der Waals surface area contributed by atoms with Gasteiger partial charge in [0.25, 0.3) is 0 Å². The van der Waals surface area contributed by atoms with Crippen LogP contribution >= 0.6 is 0 Å². The molecule has 0 saturated heterocycles. The average Bonchev–Trinajstić information content (AvgIpc) is 2.97. The first-order chi connectivity index (χ1) is 11.8. The molecule has 2 aromatic rings. The second kappa shape index (κ2) is 8.11. The average molecular weight is 345 g/mol. The highest BCUT2D eigenvalue weighted by Crippen LogP contribution is 2.26. The minimum Gasteiger partial charge on any atom is -0.394 e. The SMILES string of the molecule is Cn1cc(-c2ccncc2NC(=O)NC(CO)CCC(C)(C)C)cn1. The Balaban J connectivity index is 2.03. The number of anilines is 1. The van der Waals surface area contributed by atoms with Crippen LogP contribution in [0.15, 0.2) is 30.9 Å². The van der Waals surface area contributed by atoms with Crippen LogP contribution in [0, 0.1) is 5.41 Å². The van der Waals surface area contributed by atoms with E-state index in [2.05, 4.69) is 41.5 Å². The fraction of sp³-hybridized carbons (Fsp3) is 0.500. The highest BCUT2D eigenvalue weighted by atomic mass is 16.3. The highest BCUT2D eigenvalue weighted by Gasteiger charge is 2.17. The molecule has 7 heteroatoms. The highest BCUT2D eigenvalue weighted by molar-refractivity contribution is 5.94. The molecule has 0 aliphatic heterocycles. The number of hydrogen-bond acceptors (Lipinski definition) is 4. The molecule has 2 rings (SSSR count). The van der Waals surface area contributed by atoms with E-state index in [1.165, 1.54) is 0 Å². The Bertz CT molecular complexity index is 705. The fourth-order valence-corrected chi connectivity index (χ4v) is 2.47. The quantitative estimate of drug-likeness (QED) is 0.750. The van der Waals surface area contributed by atoms with Crippen molar-refractivity contribution in [3.05, 3.63) is 30.9 Å². The summed E-state index contributed by atoms with van der Waals surface area (Å²) in [5.74, 6) is 0. The third-order valence-electron chi connectivity index (χ3n) is 3.88. The topological polar surface area (TPSA) is 92.1 Å². The molecule has 1 atom stereocenters. The summed E-state index contributed by atoms with van der Waals surface area (Å²) >= 11 is 0. The summed E-state index contributed by atoms with van der Waals surface area (Å²) in [6.07, 6.45) is 8.51. The van der Waals surface area contributed by atoms with Gasteiger partial charge in [-0.05, 0) is 24.3 Å². The Morgan fingerprint density at radius 2 is 2.12 bits per heavy atom. The van der Waals surface area contributed by atoms with E-state index in [4.69, 9.17) is 0 Å². The Morgan fingerprint density at radius 1 is 1.36 bits per heavy atom. The smallest absolute Gasteiger partial charge is 0.319 e. The molecule has 0 aliphatic rings. The standard InChI is InChI=1S/C18H27N5O2/c1-18(2,3)7-5-14(12-24)21-17(25)22-16-10-19-8-6-15(16)13-9-20-23(4)11-13/h6,8-11,14,24H,5,7,12H2,1-4H3,(H2,21,22,25). The van der Waals surface area contributed by atoms with Crippen LogP contribution in [0.25, 0.3) is 11.1 Å². The Hall–Kier alpha value is -2.41. The molecule has 25 heavy (non-hydrogen) atoms. The van der Waals surface area contributed by atoms with Crippen LogP contribution in [0.5, 0.6) is 0 Å². The molecule has 2 aromatic heterocycles. The van der Waals surface area contributed by atoms with Crippen molar-refractivity contribution < 1.29 is 9.90 Å². The molecule has 0 saturated carbocycles. The number of carbonyl (C=O) groups excluding carboxylic acids is 1. The summed E-state index contributed by atoms with van der Waals surface area (Å²) in [7, 11) is 1.84. The van der Waals surface area contributed by atoms with Crippen LogP contribution in [0.3, 0.4) is 0 Å². The lowest BCUT2D eigenvalue weighted by atomic mass is 9.89. The lowest BCUT2D eigenvalue weighted by Gasteiger charge is -2.23. The van der Waals surface area contributed by atoms with Crippen LogP contribution in [0.4, 0.5) is 10.5 Å². The predicted molar refractivity (Wildman–Crippen MR) is 98.2 cm³/mol. The van der Waals surface area contributed by atoms with Crippen LogP contribution < -0.4 is 10.6 Å². The molecule has 1 unspecified atom stereocenters. The van der Waals surface area contributed by atoms with E-state index in [0.717, 1.165) is 24.0 Å². The summed E-state index contributed by atoms with van der Waals surface area (Å²) < 4.78 is 1.70. The lowest BCUT2D eigenvalue weighted by Crippen LogP contribution is -2.40. The molecule has 2 heterocycles. The van der Waals surface area contributed by atoms with Crippen molar-refractivity contribution in [2.24, 2.45) is 12.5 Å². The number of nitrogens with one attached hydrogen (secondary N) is 2. The van der Waals surface area contributed by atoms with Crippen LogP contribution in [0.2, 0.25) is 0 Å². The molecule has 7 nitrogen and oxygen atoms in total. The lowest BCUT2D eigenvalue weighted by molar-refractivity contribution is 0.210.